The molecule has 0 saturated heterocycles. The Labute approximate surface area is 107 Å². The molecule has 1 N–H and O–H groups in total. The molecule has 1 aromatic heterocycles. The zero-order valence-electron chi connectivity index (χ0n) is 10.4. The number of aromatic amines is 1. The zero-order valence-corrected chi connectivity index (χ0v) is 11.2. The third-order valence-corrected chi connectivity index (χ3v) is 3.27. The van der Waals surface area contributed by atoms with Crippen molar-refractivity contribution in [2.75, 3.05) is 0 Å². The van der Waals surface area contributed by atoms with Crippen LogP contribution in [-0.4, -0.2) is 9.55 Å². The van der Waals surface area contributed by atoms with E-state index in [4.69, 9.17) is 12.2 Å². The highest BCUT2D eigenvalue weighted by atomic mass is 32.1. The Bertz CT molecular complexity index is 534. The SMILES string of the molecule is CCCCc1ccc(-n2c(C)c[nH]c2=S)cc1. The molecule has 0 spiro atoms. The molecule has 1 heterocycles. The maximum atomic E-state index is 5.27. The van der Waals surface area contributed by atoms with Crippen LogP contribution in [0.5, 0.6) is 0 Å². The summed E-state index contributed by atoms with van der Waals surface area (Å²) < 4.78 is 2.81. The minimum atomic E-state index is 0.754. The molecule has 2 rings (SSSR count). The van der Waals surface area contributed by atoms with Crippen LogP contribution in [0.3, 0.4) is 0 Å². The Morgan fingerprint density at radius 3 is 2.47 bits per heavy atom. The van der Waals surface area contributed by atoms with Crippen molar-refractivity contribution < 1.29 is 0 Å². The van der Waals surface area contributed by atoms with E-state index in [1.807, 2.05) is 6.20 Å². The summed E-state index contributed by atoms with van der Waals surface area (Å²) in [5.74, 6) is 0. The fraction of sp³-hybridized carbons (Fsp3) is 0.357. The van der Waals surface area contributed by atoms with Crippen molar-refractivity contribution in [2.45, 2.75) is 33.1 Å². The van der Waals surface area contributed by atoms with Crippen LogP contribution in [0.15, 0.2) is 30.5 Å². The topological polar surface area (TPSA) is 20.7 Å². The Hall–Kier alpha value is -1.35. The van der Waals surface area contributed by atoms with E-state index in [1.165, 1.54) is 18.4 Å². The van der Waals surface area contributed by atoms with Crippen molar-refractivity contribution in [1.29, 1.82) is 0 Å². The van der Waals surface area contributed by atoms with E-state index in [0.29, 0.717) is 0 Å². The molecular formula is C14H18N2S. The van der Waals surface area contributed by atoms with Gasteiger partial charge in [0.1, 0.15) is 0 Å². The van der Waals surface area contributed by atoms with Gasteiger partial charge in [0.05, 0.1) is 0 Å². The molecule has 0 saturated carbocycles. The first-order valence-corrected chi connectivity index (χ1v) is 6.49. The lowest BCUT2D eigenvalue weighted by atomic mass is 10.1. The molecule has 0 aliphatic rings. The number of rotatable bonds is 4. The molecule has 0 aliphatic heterocycles. The lowest BCUT2D eigenvalue weighted by Gasteiger charge is -2.06. The third kappa shape index (κ3) is 2.67. The summed E-state index contributed by atoms with van der Waals surface area (Å²) in [7, 11) is 0. The van der Waals surface area contributed by atoms with Gasteiger partial charge in [-0.2, -0.15) is 0 Å². The molecule has 2 nitrogen and oxygen atoms in total. The summed E-state index contributed by atoms with van der Waals surface area (Å²) in [6.45, 7) is 4.27. The molecule has 17 heavy (non-hydrogen) atoms. The third-order valence-electron chi connectivity index (χ3n) is 2.97. The lowest BCUT2D eigenvalue weighted by molar-refractivity contribution is 0.794. The van der Waals surface area contributed by atoms with Gasteiger partial charge in [0.25, 0.3) is 0 Å². The molecule has 90 valence electrons. The highest BCUT2D eigenvalue weighted by molar-refractivity contribution is 7.71. The van der Waals surface area contributed by atoms with Gasteiger partial charge < -0.3 is 4.98 Å². The quantitative estimate of drug-likeness (QED) is 0.802. The van der Waals surface area contributed by atoms with E-state index in [0.717, 1.165) is 22.6 Å². The number of nitrogens with one attached hydrogen (secondary N) is 1. The van der Waals surface area contributed by atoms with Crippen LogP contribution in [0.25, 0.3) is 5.69 Å². The maximum absolute atomic E-state index is 5.27. The Balaban J connectivity index is 2.27. The molecule has 2 aromatic rings. The first-order chi connectivity index (χ1) is 8.22. The van der Waals surface area contributed by atoms with Gasteiger partial charge in [-0.3, -0.25) is 4.57 Å². The van der Waals surface area contributed by atoms with Gasteiger partial charge in [0.2, 0.25) is 0 Å². The van der Waals surface area contributed by atoms with Crippen LogP contribution in [0, 0.1) is 11.7 Å². The van der Waals surface area contributed by atoms with Crippen molar-refractivity contribution in [1.82, 2.24) is 9.55 Å². The number of nitrogens with zero attached hydrogens (tertiary/aromatic N) is 1. The van der Waals surface area contributed by atoms with Crippen LogP contribution in [0.1, 0.15) is 31.0 Å². The van der Waals surface area contributed by atoms with Gasteiger partial charge in [0.15, 0.2) is 4.77 Å². The predicted octanol–water partition coefficient (Wildman–Crippen LogP) is 4.19. The molecule has 0 aliphatic carbocycles. The van der Waals surface area contributed by atoms with Crippen molar-refractivity contribution in [3.05, 3.63) is 46.5 Å². The lowest BCUT2D eigenvalue weighted by Crippen LogP contribution is -1.96. The fourth-order valence-corrected chi connectivity index (χ4v) is 2.28. The minimum Gasteiger partial charge on any atom is -0.337 e. The smallest absolute Gasteiger partial charge is 0.182 e. The molecule has 1 aromatic carbocycles. The number of hydrogen-bond donors (Lipinski definition) is 1. The molecule has 0 radical (unpaired) electrons. The molecule has 0 amide bonds. The molecule has 0 bridgehead atoms. The molecule has 0 unspecified atom stereocenters. The average molecular weight is 246 g/mol. The monoisotopic (exact) mass is 246 g/mol. The van der Waals surface area contributed by atoms with Crippen molar-refractivity contribution in [3.63, 3.8) is 0 Å². The van der Waals surface area contributed by atoms with Crippen molar-refractivity contribution in [3.8, 4) is 5.69 Å². The largest absolute Gasteiger partial charge is 0.337 e. The highest BCUT2D eigenvalue weighted by Gasteiger charge is 2.02. The van der Waals surface area contributed by atoms with Crippen LogP contribution < -0.4 is 0 Å². The summed E-state index contributed by atoms with van der Waals surface area (Å²) in [6, 6.07) is 8.67. The summed E-state index contributed by atoms with van der Waals surface area (Å²) in [6.07, 6.45) is 5.59. The molecule has 0 fully saturated rings. The number of hydrogen-bond acceptors (Lipinski definition) is 1. The van der Waals surface area contributed by atoms with E-state index in [2.05, 4.69) is 47.7 Å². The predicted molar refractivity (Wildman–Crippen MR) is 74.3 cm³/mol. The van der Waals surface area contributed by atoms with Crippen molar-refractivity contribution in [2.24, 2.45) is 0 Å². The summed E-state index contributed by atoms with van der Waals surface area (Å²) in [4.78, 5) is 3.06. The van der Waals surface area contributed by atoms with E-state index in [-0.39, 0.29) is 0 Å². The van der Waals surface area contributed by atoms with Crippen LogP contribution in [-0.2, 0) is 6.42 Å². The minimum absolute atomic E-state index is 0.754. The second-order valence-corrected chi connectivity index (χ2v) is 4.73. The molecule has 0 atom stereocenters. The first-order valence-electron chi connectivity index (χ1n) is 6.08. The Morgan fingerprint density at radius 1 is 1.24 bits per heavy atom. The van der Waals surface area contributed by atoms with Gasteiger partial charge in [-0.25, -0.2) is 0 Å². The second-order valence-electron chi connectivity index (χ2n) is 4.34. The number of imidazole rings is 1. The van der Waals surface area contributed by atoms with E-state index in [9.17, 15) is 0 Å². The Morgan fingerprint density at radius 2 is 1.94 bits per heavy atom. The normalized spacial score (nSPS) is 10.7. The second kappa shape index (κ2) is 5.32. The highest BCUT2D eigenvalue weighted by Crippen LogP contribution is 2.14. The average Bonchev–Trinajstić information content (AvgIpc) is 2.67. The first kappa shape index (κ1) is 12.1. The zero-order chi connectivity index (χ0) is 12.3. The van der Waals surface area contributed by atoms with Crippen LogP contribution in [0.4, 0.5) is 0 Å². The summed E-state index contributed by atoms with van der Waals surface area (Å²) >= 11 is 5.27. The van der Waals surface area contributed by atoms with Crippen LogP contribution in [0.2, 0.25) is 0 Å². The number of H-pyrrole nitrogens is 1. The fourth-order valence-electron chi connectivity index (χ4n) is 1.97. The van der Waals surface area contributed by atoms with Gasteiger partial charge >= 0.3 is 0 Å². The van der Waals surface area contributed by atoms with E-state index >= 15 is 0 Å². The number of aryl methyl sites for hydroxylation is 2. The summed E-state index contributed by atoms with van der Waals surface area (Å²) in [5.41, 5.74) is 3.67. The van der Waals surface area contributed by atoms with Crippen molar-refractivity contribution >= 4 is 12.2 Å². The molecule has 3 heteroatoms. The standard InChI is InChI=1S/C14H18N2S/c1-3-4-5-12-6-8-13(9-7-12)16-11(2)10-15-14(16)17/h6-10H,3-5H2,1-2H3,(H,15,17). The number of unbranched alkanes of at least 4 members (excludes halogenated alkanes) is 1. The van der Waals surface area contributed by atoms with E-state index in [1.54, 1.807) is 0 Å². The van der Waals surface area contributed by atoms with Crippen LogP contribution >= 0.6 is 12.2 Å². The van der Waals surface area contributed by atoms with Gasteiger partial charge in [-0.15, -0.1) is 0 Å². The van der Waals surface area contributed by atoms with Gasteiger partial charge in [-0.05, 0) is 49.7 Å². The Kier molecular flexibility index (Phi) is 3.79. The maximum Gasteiger partial charge on any atom is 0.182 e. The number of benzene rings is 1. The summed E-state index contributed by atoms with van der Waals surface area (Å²) in [5, 5.41) is 0. The number of aromatic nitrogens is 2. The van der Waals surface area contributed by atoms with Gasteiger partial charge in [0, 0.05) is 17.6 Å². The van der Waals surface area contributed by atoms with Gasteiger partial charge in [-0.1, -0.05) is 25.5 Å². The molecular weight excluding hydrogens is 228 g/mol. The van der Waals surface area contributed by atoms with E-state index < -0.39 is 0 Å².